The van der Waals surface area contributed by atoms with Gasteiger partial charge in [0.1, 0.15) is 0 Å². The lowest BCUT2D eigenvalue weighted by molar-refractivity contribution is -0.136. The minimum Gasteiger partial charge on any atom is -0.395 e. The number of likely N-dealkylation sites (tertiary alicyclic amines) is 1. The second-order valence-corrected chi connectivity index (χ2v) is 7.36. The van der Waals surface area contributed by atoms with Gasteiger partial charge in [-0.15, -0.1) is 11.3 Å². The number of hydrogen-bond acceptors (Lipinski definition) is 4. The number of thiophene rings is 1. The van der Waals surface area contributed by atoms with Crippen LogP contribution >= 0.6 is 11.3 Å². The Morgan fingerprint density at radius 3 is 3.05 bits per heavy atom. The van der Waals surface area contributed by atoms with E-state index in [-0.39, 0.29) is 24.6 Å². The smallest absolute Gasteiger partial charge is 0.237 e. The lowest BCUT2D eigenvalue weighted by Gasteiger charge is -2.39. The van der Waals surface area contributed by atoms with Gasteiger partial charge in [-0.05, 0) is 49.2 Å². The predicted molar refractivity (Wildman–Crippen MR) is 89.1 cm³/mol. The molecule has 2 aliphatic heterocycles. The Bertz CT molecular complexity index is 517. The minimum atomic E-state index is 0.166. The monoisotopic (exact) mass is 322 g/mol. The Morgan fingerprint density at radius 2 is 2.27 bits per heavy atom. The van der Waals surface area contributed by atoms with Gasteiger partial charge >= 0.3 is 0 Å². The van der Waals surface area contributed by atoms with Crippen LogP contribution in [-0.2, 0) is 11.2 Å². The molecule has 1 amide bonds. The molecule has 5 heteroatoms. The summed E-state index contributed by atoms with van der Waals surface area (Å²) in [5.74, 6) is 0.226. The molecule has 0 bridgehead atoms. The zero-order valence-corrected chi connectivity index (χ0v) is 14.1. The Morgan fingerprint density at radius 1 is 1.41 bits per heavy atom. The molecule has 4 nitrogen and oxygen atoms in total. The number of amides is 1. The lowest BCUT2D eigenvalue weighted by atomic mass is 9.97. The molecule has 2 unspecified atom stereocenters. The normalized spacial score (nSPS) is 26.0. The van der Waals surface area contributed by atoms with E-state index in [9.17, 15) is 9.90 Å². The molecule has 1 saturated heterocycles. The molecular weight excluding hydrogens is 296 g/mol. The van der Waals surface area contributed by atoms with Crippen LogP contribution in [0.3, 0.4) is 0 Å². The fourth-order valence-corrected chi connectivity index (χ4v) is 4.80. The summed E-state index contributed by atoms with van der Waals surface area (Å²) >= 11 is 1.82. The Kier molecular flexibility index (Phi) is 5.16. The summed E-state index contributed by atoms with van der Waals surface area (Å²) < 4.78 is 0. The Hall–Kier alpha value is -0.910. The third kappa shape index (κ3) is 3.07. The fourth-order valence-electron chi connectivity index (χ4n) is 3.87. The van der Waals surface area contributed by atoms with E-state index < -0.39 is 0 Å². The van der Waals surface area contributed by atoms with Crippen LogP contribution < -0.4 is 0 Å². The first-order valence-corrected chi connectivity index (χ1v) is 9.33. The van der Waals surface area contributed by atoms with Crippen LogP contribution in [0.5, 0.6) is 0 Å². The van der Waals surface area contributed by atoms with E-state index in [1.807, 2.05) is 11.3 Å². The highest BCUT2D eigenvalue weighted by Crippen LogP contribution is 2.35. The van der Waals surface area contributed by atoms with E-state index in [4.69, 9.17) is 0 Å². The molecule has 0 spiro atoms. The second-order valence-electron chi connectivity index (χ2n) is 6.36. The number of fused-ring (bicyclic) bond motifs is 1. The third-order valence-corrected chi connectivity index (χ3v) is 6.10. The molecule has 1 aromatic heterocycles. The van der Waals surface area contributed by atoms with Crippen molar-refractivity contribution in [2.24, 2.45) is 0 Å². The first-order valence-electron chi connectivity index (χ1n) is 8.45. The van der Waals surface area contributed by atoms with E-state index in [0.717, 1.165) is 45.2 Å². The lowest BCUT2D eigenvalue weighted by Crippen LogP contribution is -2.49. The zero-order chi connectivity index (χ0) is 15.5. The number of rotatable bonds is 4. The molecule has 1 aromatic rings. The van der Waals surface area contributed by atoms with E-state index in [2.05, 4.69) is 28.2 Å². The maximum atomic E-state index is 12.8. The van der Waals surface area contributed by atoms with Gasteiger partial charge in [0.15, 0.2) is 0 Å². The van der Waals surface area contributed by atoms with Crippen molar-refractivity contribution < 1.29 is 9.90 Å². The summed E-state index contributed by atoms with van der Waals surface area (Å²) in [6, 6.07) is 2.59. The van der Waals surface area contributed by atoms with Crippen LogP contribution in [0.1, 0.15) is 49.1 Å². The topological polar surface area (TPSA) is 43.8 Å². The highest BCUT2D eigenvalue weighted by atomic mass is 32.1. The van der Waals surface area contributed by atoms with Crippen molar-refractivity contribution in [1.82, 2.24) is 9.80 Å². The summed E-state index contributed by atoms with van der Waals surface area (Å²) in [4.78, 5) is 18.5. The van der Waals surface area contributed by atoms with E-state index in [0.29, 0.717) is 6.54 Å². The molecule has 0 aromatic carbocycles. The molecule has 2 atom stereocenters. The average Bonchev–Trinajstić information content (AvgIpc) is 3.02. The van der Waals surface area contributed by atoms with Gasteiger partial charge in [-0.25, -0.2) is 0 Å². The number of carbonyl (C=O) groups excluding carboxylic acids is 1. The Labute approximate surface area is 136 Å². The van der Waals surface area contributed by atoms with Crippen molar-refractivity contribution in [3.63, 3.8) is 0 Å². The van der Waals surface area contributed by atoms with Crippen LogP contribution in [0.4, 0.5) is 0 Å². The van der Waals surface area contributed by atoms with Gasteiger partial charge in [0.2, 0.25) is 5.91 Å². The number of aliphatic hydroxyl groups is 1. The number of aliphatic hydroxyl groups excluding tert-OH is 1. The van der Waals surface area contributed by atoms with Crippen molar-refractivity contribution >= 4 is 17.2 Å². The van der Waals surface area contributed by atoms with Gasteiger partial charge in [0, 0.05) is 17.5 Å². The molecule has 0 aliphatic carbocycles. The molecule has 0 saturated carbocycles. The summed E-state index contributed by atoms with van der Waals surface area (Å²) in [5, 5.41) is 11.7. The molecular formula is C17H26N2O2S. The van der Waals surface area contributed by atoms with E-state index in [1.54, 1.807) is 0 Å². The van der Waals surface area contributed by atoms with Crippen LogP contribution in [0.25, 0.3) is 0 Å². The summed E-state index contributed by atoms with van der Waals surface area (Å²) in [6.07, 6.45) is 5.26. The minimum absolute atomic E-state index is 0.166. The molecule has 1 fully saturated rings. The van der Waals surface area contributed by atoms with Crippen molar-refractivity contribution in [1.29, 1.82) is 0 Å². The SMILES string of the molecule is CCC1c2ccsc2CCN1C(=O)CN1CCCCC1CO. The number of piperidine rings is 1. The second kappa shape index (κ2) is 7.11. The molecule has 3 heterocycles. The van der Waals surface area contributed by atoms with Gasteiger partial charge < -0.3 is 10.0 Å². The summed E-state index contributed by atoms with van der Waals surface area (Å²) in [5.41, 5.74) is 1.35. The van der Waals surface area contributed by atoms with Crippen LogP contribution in [0, 0.1) is 0 Å². The van der Waals surface area contributed by atoms with E-state index in [1.165, 1.54) is 10.4 Å². The van der Waals surface area contributed by atoms with Crippen molar-refractivity contribution in [2.75, 3.05) is 26.2 Å². The van der Waals surface area contributed by atoms with Gasteiger partial charge in [-0.3, -0.25) is 9.69 Å². The quantitative estimate of drug-likeness (QED) is 0.926. The van der Waals surface area contributed by atoms with Gasteiger partial charge in [-0.1, -0.05) is 13.3 Å². The molecule has 2 aliphatic rings. The molecule has 3 rings (SSSR count). The maximum Gasteiger partial charge on any atom is 0.237 e. The van der Waals surface area contributed by atoms with E-state index >= 15 is 0 Å². The first-order chi connectivity index (χ1) is 10.7. The highest BCUT2D eigenvalue weighted by Gasteiger charge is 2.32. The number of hydrogen-bond donors (Lipinski definition) is 1. The van der Waals surface area contributed by atoms with Crippen LogP contribution in [0.2, 0.25) is 0 Å². The molecule has 0 radical (unpaired) electrons. The van der Waals surface area contributed by atoms with Crippen molar-refractivity contribution in [2.45, 2.75) is 51.1 Å². The van der Waals surface area contributed by atoms with Gasteiger partial charge in [0.25, 0.3) is 0 Å². The summed E-state index contributed by atoms with van der Waals surface area (Å²) in [6.45, 7) is 4.56. The van der Waals surface area contributed by atoms with Crippen LogP contribution in [-0.4, -0.2) is 53.1 Å². The third-order valence-electron chi connectivity index (χ3n) is 5.10. The van der Waals surface area contributed by atoms with Gasteiger partial charge in [0.05, 0.1) is 19.2 Å². The van der Waals surface area contributed by atoms with Crippen molar-refractivity contribution in [3.8, 4) is 0 Å². The molecule has 1 N–H and O–H groups in total. The molecule has 122 valence electrons. The maximum absolute atomic E-state index is 12.8. The average molecular weight is 322 g/mol. The standard InChI is InChI=1S/C17H26N2O2S/c1-2-15-14-7-10-22-16(14)6-9-19(15)17(21)11-18-8-4-3-5-13(18)12-20/h7,10,13,15,20H,2-6,8-9,11-12H2,1H3. The predicted octanol–water partition coefficient (Wildman–Crippen LogP) is 2.43. The first kappa shape index (κ1) is 16.0. The molecule has 22 heavy (non-hydrogen) atoms. The number of nitrogens with zero attached hydrogens (tertiary/aromatic N) is 2. The van der Waals surface area contributed by atoms with Crippen molar-refractivity contribution in [3.05, 3.63) is 21.9 Å². The van der Waals surface area contributed by atoms with Gasteiger partial charge in [-0.2, -0.15) is 0 Å². The summed E-state index contributed by atoms with van der Waals surface area (Å²) in [7, 11) is 0. The fraction of sp³-hybridized carbons (Fsp3) is 0.706. The van der Waals surface area contributed by atoms with Crippen LogP contribution in [0.15, 0.2) is 11.4 Å². The zero-order valence-electron chi connectivity index (χ0n) is 13.3. The Balaban J connectivity index is 1.69. The largest absolute Gasteiger partial charge is 0.395 e. The number of carbonyl (C=O) groups is 1. The highest BCUT2D eigenvalue weighted by molar-refractivity contribution is 7.10.